The van der Waals surface area contributed by atoms with Crippen molar-refractivity contribution in [2.45, 2.75) is 13.3 Å². The maximum atomic E-state index is 13.0. The average molecular weight is 430 g/mol. The number of esters is 1. The molecular formula is C25H22N2O5. The van der Waals surface area contributed by atoms with E-state index in [4.69, 9.17) is 4.74 Å². The van der Waals surface area contributed by atoms with Gasteiger partial charge in [-0.15, -0.1) is 0 Å². The predicted octanol–water partition coefficient (Wildman–Crippen LogP) is 3.10. The number of nitrogens with one attached hydrogen (secondary N) is 1. The summed E-state index contributed by atoms with van der Waals surface area (Å²) in [5.74, 6) is -1.96. The first-order chi connectivity index (χ1) is 15.4. The van der Waals surface area contributed by atoms with Gasteiger partial charge in [0.15, 0.2) is 6.61 Å². The Hall–Kier alpha value is -3.74. The Labute approximate surface area is 185 Å². The summed E-state index contributed by atoms with van der Waals surface area (Å²) < 4.78 is 5.13. The molecule has 2 fully saturated rings. The van der Waals surface area contributed by atoms with E-state index in [1.807, 2.05) is 31.2 Å². The van der Waals surface area contributed by atoms with Gasteiger partial charge in [0.25, 0.3) is 5.91 Å². The zero-order valence-electron chi connectivity index (χ0n) is 17.5. The molecule has 3 amide bonds. The van der Waals surface area contributed by atoms with E-state index in [1.54, 1.807) is 24.3 Å². The molecule has 1 saturated carbocycles. The van der Waals surface area contributed by atoms with Gasteiger partial charge in [-0.3, -0.25) is 14.4 Å². The number of benzene rings is 2. The number of aryl methyl sites for hydroxylation is 1. The van der Waals surface area contributed by atoms with E-state index >= 15 is 0 Å². The Morgan fingerprint density at radius 1 is 1.00 bits per heavy atom. The van der Waals surface area contributed by atoms with Crippen LogP contribution in [0.2, 0.25) is 0 Å². The van der Waals surface area contributed by atoms with Crippen LogP contribution in [-0.2, 0) is 19.1 Å². The maximum Gasteiger partial charge on any atom is 0.338 e. The van der Waals surface area contributed by atoms with Crippen LogP contribution in [0.15, 0.2) is 60.7 Å². The molecule has 2 aromatic carbocycles. The van der Waals surface area contributed by atoms with Gasteiger partial charge in [0, 0.05) is 5.69 Å². The highest BCUT2D eigenvalue weighted by Crippen LogP contribution is 2.53. The van der Waals surface area contributed by atoms with Gasteiger partial charge in [-0.1, -0.05) is 35.9 Å². The average Bonchev–Trinajstić information content (AvgIpc) is 3.47. The van der Waals surface area contributed by atoms with Crippen LogP contribution in [0.4, 0.5) is 11.4 Å². The van der Waals surface area contributed by atoms with Crippen molar-refractivity contribution >= 4 is 35.1 Å². The molecule has 162 valence electrons. The molecule has 7 heteroatoms. The Morgan fingerprint density at radius 3 is 2.31 bits per heavy atom. The molecule has 2 aliphatic carbocycles. The quantitative estimate of drug-likeness (QED) is 0.447. The molecule has 1 aliphatic heterocycles. The van der Waals surface area contributed by atoms with Crippen molar-refractivity contribution in [1.29, 1.82) is 0 Å². The highest BCUT2D eigenvalue weighted by atomic mass is 16.5. The lowest BCUT2D eigenvalue weighted by molar-refractivity contribution is -0.123. The van der Waals surface area contributed by atoms with Crippen molar-refractivity contribution in [3.63, 3.8) is 0 Å². The molecule has 5 rings (SSSR count). The third kappa shape index (κ3) is 3.39. The third-order valence-electron chi connectivity index (χ3n) is 6.48. The SMILES string of the molecule is Cc1ccc(NC(=O)COC(=O)c2cccc(N3C(=O)[C@H]4[C@H](C3=O)[C@H]3C=C[C@H]4C3)c2)cc1. The second-order valence-electron chi connectivity index (χ2n) is 8.55. The topological polar surface area (TPSA) is 92.8 Å². The number of fused-ring (bicyclic) bond motifs is 5. The molecule has 1 saturated heterocycles. The minimum atomic E-state index is -0.702. The number of nitrogens with zero attached hydrogens (tertiary/aromatic N) is 1. The van der Waals surface area contributed by atoms with Crippen molar-refractivity contribution in [3.05, 3.63) is 71.8 Å². The molecular weight excluding hydrogens is 408 g/mol. The molecule has 3 aliphatic rings. The number of allylic oxidation sites excluding steroid dienone is 2. The molecule has 7 nitrogen and oxygen atoms in total. The molecule has 2 bridgehead atoms. The van der Waals surface area contributed by atoms with Crippen LogP contribution in [-0.4, -0.2) is 30.3 Å². The lowest BCUT2D eigenvalue weighted by Gasteiger charge is -2.18. The standard InChI is InChI=1S/C25H22N2O5/c1-14-5-9-18(10-6-14)26-20(28)13-32-25(31)17-3-2-4-19(12-17)27-23(29)21-15-7-8-16(11-15)22(21)24(27)30/h2-10,12,15-16,21-22H,11,13H2,1H3,(H,26,28)/t15-,16-,21+,22+/m0/s1. The number of imide groups is 1. The second-order valence-corrected chi connectivity index (χ2v) is 8.55. The zero-order chi connectivity index (χ0) is 22.4. The number of amides is 3. The summed E-state index contributed by atoms with van der Waals surface area (Å²) in [6.45, 7) is 1.50. The molecule has 1 N–H and O–H groups in total. The highest BCUT2D eigenvalue weighted by Gasteiger charge is 2.59. The van der Waals surface area contributed by atoms with Gasteiger partial charge in [-0.2, -0.15) is 0 Å². The van der Waals surface area contributed by atoms with E-state index in [2.05, 4.69) is 5.32 Å². The van der Waals surface area contributed by atoms with E-state index in [9.17, 15) is 19.2 Å². The lowest BCUT2D eigenvalue weighted by Crippen LogP contribution is -2.33. The summed E-state index contributed by atoms with van der Waals surface area (Å²) in [5, 5.41) is 2.66. The normalized spacial score (nSPS) is 25.2. The summed E-state index contributed by atoms with van der Waals surface area (Å²) in [4.78, 5) is 51.7. The summed E-state index contributed by atoms with van der Waals surface area (Å²) in [5.41, 5.74) is 2.20. The van der Waals surface area contributed by atoms with Gasteiger partial charge in [0.2, 0.25) is 11.8 Å². The first-order valence-electron chi connectivity index (χ1n) is 10.6. The fourth-order valence-electron chi connectivity index (χ4n) is 4.98. The van der Waals surface area contributed by atoms with Crippen LogP contribution < -0.4 is 10.2 Å². The summed E-state index contributed by atoms with van der Waals surface area (Å²) in [6, 6.07) is 13.5. The molecule has 4 atom stereocenters. The van der Waals surface area contributed by atoms with E-state index in [0.717, 1.165) is 12.0 Å². The van der Waals surface area contributed by atoms with Crippen LogP contribution >= 0.6 is 0 Å². The Bertz CT molecular complexity index is 1120. The first-order valence-corrected chi connectivity index (χ1v) is 10.6. The van der Waals surface area contributed by atoms with Crippen molar-refractivity contribution in [1.82, 2.24) is 0 Å². The predicted molar refractivity (Wildman–Crippen MR) is 117 cm³/mol. The van der Waals surface area contributed by atoms with Crippen LogP contribution in [0.25, 0.3) is 0 Å². The van der Waals surface area contributed by atoms with E-state index in [1.165, 1.54) is 17.0 Å². The van der Waals surface area contributed by atoms with Gasteiger partial charge in [-0.05, 0) is 55.5 Å². The number of carbonyl (C=O) groups is 4. The molecule has 0 unspecified atom stereocenters. The van der Waals surface area contributed by atoms with Gasteiger partial charge in [-0.25, -0.2) is 9.69 Å². The monoisotopic (exact) mass is 430 g/mol. The number of rotatable bonds is 5. The lowest BCUT2D eigenvalue weighted by atomic mass is 9.85. The minimum absolute atomic E-state index is 0.117. The number of hydrogen-bond donors (Lipinski definition) is 1. The van der Waals surface area contributed by atoms with Crippen molar-refractivity contribution in [3.8, 4) is 0 Å². The summed E-state index contributed by atoms with van der Waals surface area (Å²) >= 11 is 0. The Morgan fingerprint density at radius 2 is 1.66 bits per heavy atom. The Kier molecular flexibility index (Phi) is 4.89. The minimum Gasteiger partial charge on any atom is -0.452 e. The number of carbonyl (C=O) groups excluding carboxylic acids is 4. The van der Waals surface area contributed by atoms with Crippen LogP contribution in [0.3, 0.4) is 0 Å². The molecule has 0 aromatic heterocycles. The van der Waals surface area contributed by atoms with Crippen molar-refractivity contribution in [2.75, 3.05) is 16.8 Å². The molecule has 32 heavy (non-hydrogen) atoms. The fourth-order valence-corrected chi connectivity index (χ4v) is 4.98. The summed E-state index contributed by atoms with van der Waals surface area (Å²) in [7, 11) is 0. The number of anilines is 2. The molecule has 0 spiro atoms. The largest absolute Gasteiger partial charge is 0.452 e. The van der Waals surface area contributed by atoms with Crippen molar-refractivity contribution in [2.24, 2.45) is 23.7 Å². The van der Waals surface area contributed by atoms with Crippen molar-refractivity contribution < 1.29 is 23.9 Å². The molecule has 1 heterocycles. The van der Waals surface area contributed by atoms with E-state index in [-0.39, 0.29) is 41.0 Å². The van der Waals surface area contributed by atoms with Gasteiger partial charge < -0.3 is 10.1 Å². The van der Waals surface area contributed by atoms with Crippen LogP contribution in [0.5, 0.6) is 0 Å². The number of ether oxygens (including phenoxy) is 1. The second kappa shape index (κ2) is 7.75. The smallest absolute Gasteiger partial charge is 0.338 e. The first kappa shape index (κ1) is 20.2. The van der Waals surface area contributed by atoms with E-state index in [0.29, 0.717) is 11.4 Å². The fraction of sp³-hybridized carbons (Fsp3) is 0.280. The van der Waals surface area contributed by atoms with Crippen LogP contribution in [0, 0.1) is 30.6 Å². The third-order valence-corrected chi connectivity index (χ3v) is 6.48. The summed E-state index contributed by atoms with van der Waals surface area (Å²) in [6.07, 6.45) is 4.93. The molecule has 0 radical (unpaired) electrons. The maximum absolute atomic E-state index is 13.0. The van der Waals surface area contributed by atoms with Crippen LogP contribution in [0.1, 0.15) is 22.3 Å². The van der Waals surface area contributed by atoms with Gasteiger partial charge >= 0.3 is 5.97 Å². The zero-order valence-corrected chi connectivity index (χ0v) is 17.5. The van der Waals surface area contributed by atoms with E-state index < -0.39 is 18.5 Å². The van der Waals surface area contributed by atoms with Gasteiger partial charge in [0.05, 0.1) is 23.1 Å². The Balaban J connectivity index is 1.25. The highest BCUT2D eigenvalue weighted by molar-refractivity contribution is 6.23. The number of hydrogen-bond acceptors (Lipinski definition) is 5. The van der Waals surface area contributed by atoms with Gasteiger partial charge in [0.1, 0.15) is 0 Å². The molecule has 2 aromatic rings.